The summed E-state index contributed by atoms with van der Waals surface area (Å²) in [5, 5.41) is 3.54. The summed E-state index contributed by atoms with van der Waals surface area (Å²) in [6.07, 6.45) is 9.73. The summed E-state index contributed by atoms with van der Waals surface area (Å²) in [6, 6.07) is 4.92. The molecule has 15 heavy (non-hydrogen) atoms. The van der Waals surface area contributed by atoms with Crippen molar-refractivity contribution in [1.82, 2.24) is 4.98 Å². The molecule has 0 unspecified atom stereocenters. The van der Waals surface area contributed by atoms with Gasteiger partial charge in [0.25, 0.3) is 0 Å². The lowest BCUT2D eigenvalue weighted by molar-refractivity contribution is 0.462. The molecule has 82 valence electrons. The van der Waals surface area contributed by atoms with Gasteiger partial charge in [-0.1, -0.05) is 26.2 Å². The average Bonchev–Trinajstić information content (AvgIpc) is 2.31. The predicted molar refractivity (Wildman–Crippen MR) is 64.1 cm³/mol. The Morgan fingerprint density at radius 3 is 2.87 bits per heavy atom. The Labute approximate surface area is 92.1 Å². The zero-order valence-corrected chi connectivity index (χ0v) is 9.50. The molecule has 0 bridgehead atoms. The third kappa shape index (κ3) is 2.95. The van der Waals surface area contributed by atoms with Crippen LogP contribution in [0.2, 0.25) is 0 Å². The van der Waals surface area contributed by atoms with Crippen LogP contribution in [0.15, 0.2) is 18.3 Å². The Balaban J connectivity index is 1.96. The van der Waals surface area contributed by atoms with Crippen LogP contribution in [-0.2, 0) is 6.42 Å². The van der Waals surface area contributed by atoms with Crippen LogP contribution in [0.3, 0.4) is 0 Å². The number of pyridine rings is 1. The van der Waals surface area contributed by atoms with Crippen molar-refractivity contribution in [3.63, 3.8) is 0 Å². The molecule has 1 N–H and O–H groups in total. The van der Waals surface area contributed by atoms with Gasteiger partial charge in [0.2, 0.25) is 0 Å². The minimum Gasteiger partial charge on any atom is -0.367 e. The minimum absolute atomic E-state index is 0.651. The van der Waals surface area contributed by atoms with Crippen molar-refractivity contribution in [2.75, 3.05) is 5.32 Å². The largest absolute Gasteiger partial charge is 0.367 e. The van der Waals surface area contributed by atoms with Gasteiger partial charge in [-0.25, -0.2) is 4.98 Å². The second-order valence-electron chi connectivity index (χ2n) is 4.38. The van der Waals surface area contributed by atoms with Gasteiger partial charge in [-0.2, -0.15) is 0 Å². The molecule has 1 aliphatic carbocycles. The number of nitrogens with one attached hydrogen (secondary N) is 1. The maximum absolute atomic E-state index is 4.37. The summed E-state index contributed by atoms with van der Waals surface area (Å²) in [6.45, 7) is 2.18. The van der Waals surface area contributed by atoms with E-state index in [4.69, 9.17) is 0 Å². The van der Waals surface area contributed by atoms with Crippen molar-refractivity contribution < 1.29 is 0 Å². The number of rotatable bonds is 3. The number of aromatic nitrogens is 1. The normalized spacial score (nSPS) is 17.7. The molecule has 0 spiro atoms. The first-order valence-corrected chi connectivity index (χ1v) is 6.10. The molecule has 0 atom stereocenters. The number of hydrogen-bond acceptors (Lipinski definition) is 2. The lowest BCUT2D eigenvalue weighted by Crippen LogP contribution is -2.22. The van der Waals surface area contributed by atoms with Gasteiger partial charge < -0.3 is 5.32 Å². The Morgan fingerprint density at radius 1 is 1.33 bits per heavy atom. The van der Waals surface area contributed by atoms with E-state index in [0.717, 1.165) is 12.2 Å². The van der Waals surface area contributed by atoms with Crippen molar-refractivity contribution in [3.05, 3.63) is 23.9 Å². The molecule has 0 saturated heterocycles. The van der Waals surface area contributed by atoms with Gasteiger partial charge in [0.1, 0.15) is 5.82 Å². The number of hydrogen-bond donors (Lipinski definition) is 1. The average molecular weight is 204 g/mol. The van der Waals surface area contributed by atoms with E-state index in [0.29, 0.717) is 6.04 Å². The van der Waals surface area contributed by atoms with Crippen LogP contribution < -0.4 is 5.32 Å². The maximum Gasteiger partial charge on any atom is 0.126 e. The molecular weight excluding hydrogens is 184 g/mol. The first-order valence-electron chi connectivity index (χ1n) is 6.10. The molecule has 1 aromatic heterocycles. The van der Waals surface area contributed by atoms with E-state index < -0.39 is 0 Å². The molecule has 1 saturated carbocycles. The van der Waals surface area contributed by atoms with Crippen molar-refractivity contribution >= 4 is 5.82 Å². The van der Waals surface area contributed by atoms with E-state index in [1.165, 1.54) is 37.7 Å². The van der Waals surface area contributed by atoms with Crippen LogP contribution >= 0.6 is 0 Å². The fourth-order valence-electron chi connectivity index (χ4n) is 2.23. The summed E-state index contributed by atoms with van der Waals surface area (Å²) in [5.41, 5.74) is 1.36. The quantitative estimate of drug-likeness (QED) is 0.816. The topological polar surface area (TPSA) is 24.9 Å². The highest BCUT2D eigenvalue weighted by Crippen LogP contribution is 2.21. The van der Waals surface area contributed by atoms with Gasteiger partial charge in [-0.3, -0.25) is 0 Å². The molecule has 0 aliphatic heterocycles. The SMILES string of the molecule is CCc1ccnc(NC2CCCCC2)c1. The van der Waals surface area contributed by atoms with Crippen LogP contribution in [0.5, 0.6) is 0 Å². The molecule has 1 aliphatic rings. The first kappa shape index (κ1) is 10.5. The number of anilines is 1. The highest BCUT2D eigenvalue weighted by molar-refractivity contribution is 5.38. The van der Waals surface area contributed by atoms with Crippen LogP contribution in [0.1, 0.15) is 44.6 Å². The molecule has 0 amide bonds. The van der Waals surface area contributed by atoms with Gasteiger partial charge in [0.15, 0.2) is 0 Å². The van der Waals surface area contributed by atoms with E-state index in [1.54, 1.807) is 0 Å². The van der Waals surface area contributed by atoms with E-state index in [2.05, 4.69) is 29.4 Å². The number of aryl methyl sites for hydroxylation is 1. The standard InChI is InChI=1S/C13H20N2/c1-2-11-8-9-14-13(10-11)15-12-6-4-3-5-7-12/h8-10,12H,2-7H2,1H3,(H,14,15). The van der Waals surface area contributed by atoms with E-state index >= 15 is 0 Å². The summed E-state index contributed by atoms with van der Waals surface area (Å²) in [7, 11) is 0. The minimum atomic E-state index is 0.651. The van der Waals surface area contributed by atoms with Crippen molar-refractivity contribution in [2.24, 2.45) is 0 Å². The fraction of sp³-hybridized carbons (Fsp3) is 0.615. The maximum atomic E-state index is 4.37. The van der Waals surface area contributed by atoms with E-state index in [9.17, 15) is 0 Å². The Morgan fingerprint density at radius 2 is 2.13 bits per heavy atom. The summed E-state index contributed by atoms with van der Waals surface area (Å²) in [4.78, 5) is 4.37. The Bertz CT molecular complexity index is 303. The van der Waals surface area contributed by atoms with Gasteiger partial charge >= 0.3 is 0 Å². The zero-order chi connectivity index (χ0) is 10.5. The predicted octanol–water partition coefficient (Wildman–Crippen LogP) is 3.39. The molecule has 2 heteroatoms. The van der Waals surface area contributed by atoms with Gasteiger partial charge in [-0.05, 0) is 37.0 Å². The Hall–Kier alpha value is -1.05. The smallest absolute Gasteiger partial charge is 0.126 e. The zero-order valence-electron chi connectivity index (χ0n) is 9.50. The van der Waals surface area contributed by atoms with Crippen LogP contribution in [0, 0.1) is 0 Å². The summed E-state index contributed by atoms with van der Waals surface area (Å²) < 4.78 is 0. The molecule has 1 heterocycles. The summed E-state index contributed by atoms with van der Waals surface area (Å²) in [5.74, 6) is 1.06. The fourth-order valence-corrected chi connectivity index (χ4v) is 2.23. The van der Waals surface area contributed by atoms with Crippen molar-refractivity contribution in [2.45, 2.75) is 51.5 Å². The molecule has 2 rings (SSSR count). The van der Waals surface area contributed by atoms with Crippen LogP contribution in [0.25, 0.3) is 0 Å². The third-order valence-electron chi connectivity index (χ3n) is 3.19. The van der Waals surface area contributed by atoms with Crippen molar-refractivity contribution in [3.8, 4) is 0 Å². The summed E-state index contributed by atoms with van der Waals surface area (Å²) >= 11 is 0. The second-order valence-corrected chi connectivity index (χ2v) is 4.38. The second kappa shape index (κ2) is 5.15. The van der Waals surface area contributed by atoms with E-state index in [1.807, 2.05) is 6.20 Å². The van der Waals surface area contributed by atoms with E-state index in [-0.39, 0.29) is 0 Å². The monoisotopic (exact) mass is 204 g/mol. The van der Waals surface area contributed by atoms with Crippen LogP contribution in [-0.4, -0.2) is 11.0 Å². The van der Waals surface area contributed by atoms with Crippen molar-refractivity contribution in [1.29, 1.82) is 0 Å². The van der Waals surface area contributed by atoms with Gasteiger partial charge in [-0.15, -0.1) is 0 Å². The highest BCUT2D eigenvalue weighted by Gasteiger charge is 2.13. The lowest BCUT2D eigenvalue weighted by Gasteiger charge is -2.23. The molecule has 0 radical (unpaired) electrons. The van der Waals surface area contributed by atoms with Gasteiger partial charge in [0.05, 0.1) is 0 Å². The van der Waals surface area contributed by atoms with Gasteiger partial charge in [0, 0.05) is 12.2 Å². The third-order valence-corrected chi connectivity index (χ3v) is 3.19. The highest BCUT2D eigenvalue weighted by atomic mass is 15.0. The first-order chi connectivity index (χ1) is 7.38. The molecule has 1 aromatic rings. The number of nitrogens with zero attached hydrogens (tertiary/aromatic N) is 1. The molecular formula is C13H20N2. The Kier molecular flexibility index (Phi) is 3.59. The molecule has 1 fully saturated rings. The molecule has 2 nitrogen and oxygen atoms in total. The molecule has 0 aromatic carbocycles. The lowest BCUT2D eigenvalue weighted by atomic mass is 9.95. The van der Waals surface area contributed by atoms with Crippen LogP contribution in [0.4, 0.5) is 5.82 Å².